The zero-order valence-electron chi connectivity index (χ0n) is 12.3. The van der Waals surface area contributed by atoms with E-state index in [0.29, 0.717) is 11.7 Å². The zero-order valence-corrected chi connectivity index (χ0v) is 12.3. The van der Waals surface area contributed by atoms with Crippen LogP contribution in [0.3, 0.4) is 0 Å². The number of amides is 1. The minimum atomic E-state index is -0.0358. The fourth-order valence-corrected chi connectivity index (χ4v) is 3.05. The second-order valence-electron chi connectivity index (χ2n) is 5.90. The van der Waals surface area contributed by atoms with Gasteiger partial charge in [0.25, 0.3) is 5.91 Å². The second kappa shape index (κ2) is 6.70. The molecule has 21 heavy (non-hydrogen) atoms. The summed E-state index contributed by atoms with van der Waals surface area (Å²) in [4.78, 5) is 16.9. The van der Waals surface area contributed by atoms with E-state index < -0.39 is 0 Å². The Kier molecular flexibility index (Phi) is 4.49. The molecule has 3 heteroatoms. The molecule has 3 rings (SSSR count). The molecule has 1 aliphatic rings. The van der Waals surface area contributed by atoms with Gasteiger partial charge in [0.15, 0.2) is 0 Å². The van der Waals surface area contributed by atoms with Gasteiger partial charge >= 0.3 is 0 Å². The predicted molar refractivity (Wildman–Crippen MR) is 85.3 cm³/mol. The van der Waals surface area contributed by atoms with Crippen LogP contribution in [0, 0.1) is 0 Å². The number of hydrogen-bond acceptors (Lipinski definition) is 2. The number of aromatic nitrogens is 1. The lowest BCUT2D eigenvalue weighted by atomic mass is 9.96. The van der Waals surface area contributed by atoms with Crippen LogP contribution in [0.2, 0.25) is 0 Å². The molecule has 0 unspecified atom stereocenters. The maximum absolute atomic E-state index is 12.4. The van der Waals surface area contributed by atoms with Crippen LogP contribution in [-0.4, -0.2) is 16.9 Å². The SMILES string of the molecule is O=C(NC1CCCCCCC1)c1ccc2ccccc2n1. The van der Waals surface area contributed by atoms with Gasteiger partial charge in [-0.05, 0) is 25.0 Å². The average molecular weight is 282 g/mol. The molecule has 0 aliphatic heterocycles. The van der Waals surface area contributed by atoms with Gasteiger partial charge in [0.1, 0.15) is 5.69 Å². The Labute approximate surface area is 125 Å². The number of nitrogens with one attached hydrogen (secondary N) is 1. The maximum atomic E-state index is 12.4. The molecule has 1 N–H and O–H groups in total. The van der Waals surface area contributed by atoms with Gasteiger partial charge in [-0.3, -0.25) is 4.79 Å². The van der Waals surface area contributed by atoms with E-state index >= 15 is 0 Å². The highest BCUT2D eigenvalue weighted by atomic mass is 16.1. The van der Waals surface area contributed by atoms with Crippen LogP contribution in [0.15, 0.2) is 36.4 Å². The van der Waals surface area contributed by atoms with E-state index in [1.165, 1.54) is 32.1 Å². The molecule has 0 saturated heterocycles. The highest BCUT2D eigenvalue weighted by molar-refractivity contribution is 5.95. The van der Waals surface area contributed by atoms with Gasteiger partial charge in [-0.25, -0.2) is 4.98 Å². The van der Waals surface area contributed by atoms with Crippen molar-refractivity contribution in [2.24, 2.45) is 0 Å². The Hall–Kier alpha value is -1.90. The number of hydrogen-bond donors (Lipinski definition) is 1. The molecular formula is C18H22N2O. The third-order valence-corrected chi connectivity index (χ3v) is 4.27. The van der Waals surface area contributed by atoms with Crippen molar-refractivity contribution < 1.29 is 4.79 Å². The quantitative estimate of drug-likeness (QED) is 0.902. The number of carbonyl (C=O) groups excluding carboxylic acids is 1. The number of para-hydroxylation sites is 1. The van der Waals surface area contributed by atoms with E-state index in [2.05, 4.69) is 10.3 Å². The highest BCUT2D eigenvalue weighted by Gasteiger charge is 2.16. The Morgan fingerprint density at radius 1 is 0.952 bits per heavy atom. The fraction of sp³-hybridized carbons (Fsp3) is 0.444. The lowest BCUT2D eigenvalue weighted by Crippen LogP contribution is -2.35. The molecular weight excluding hydrogens is 260 g/mol. The van der Waals surface area contributed by atoms with Crippen LogP contribution >= 0.6 is 0 Å². The van der Waals surface area contributed by atoms with Gasteiger partial charge in [0.05, 0.1) is 5.52 Å². The van der Waals surface area contributed by atoms with Crippen LogP contribution in [0.1, 0.15) is 55.4 Å². The molecule has 1 aromatic carbocycles. The van der Waals surface area contributed by atoms with E-state index in [1.54, 1.807) is 0 Å². The monoisotopic (exact) mass is 282 g/mol. The molecule has 3 nitrogen and oxygen atoms in total. The van der Waals surface area contributed by atoms with Crippen molar-refractivity contribution in [3.63, 3.8) is 0 Å². The summed E-state index contributed by atoms with van der Waals surface area (Å²) in [5.74, 6) is -0.0358. The Bertz CT molecular complexity index is 615. The van der Waals surface area contributed by atoms with Gasteiger partial charge < -0.3 is 5.32 Å². The Balaban J connectivity index is 1.70. The molecule has 0 bridgehead atoms. The maximum Gasteiger partial charge on any atom is 0.270 e. The lowest BCUT2D eigenvalue weighted by Gasteiger charge is -2.20. The van der Waals surface area contributed by atoms with Gasteiger partial charge in [-0.2, -0.15) is 0 Å². The highest BCUT2D eigenvalue weighted by Crippen LogP contribution is 2.18. The smallest absolute Gasteiger partial charge is 0.270 e. The standard InChI is InChI=1S/C18H22N2O/c21-18(19-15-9-4-2-1-3-5-10-15)17-13-12-14-8-6-7-11-16(14)20-17/h6-8,11-13,15H,1-5,9-10H2,(H,19,21). The van der Waals surface area contributed by atoms with Crippen molar-refractivity contribution >= 4 is 16.8 Å². The molecule has 1 aliphatic carbocycles. The van der Waals surface area contributed by atoms with Crippen LogP contribution in [-0.2, 0) is 0 Å². The third-order valence-electron chi connectivity index (χ3n) is 4.27. The molecule has 0 spiro atoms. The number of rotatable bonds is 2. The summed E-state index contributed by atoms with van der Waals surface area (Å²) in [6, 6.07) is 12.0. The largest absolute Gasteiger partial charge is 0.348 e. The van der Waals surface area contributed by atoms with Gasteiger partial charge in [-0.1, -0.05) is 56.4 Å². The molecule has 1 aromatic heterocycles. The number of benzene rings is 1. The summed E-state index contributed by atoms with van der Waals surface area (Å²) in [6.07, 6.45) is 8.55. The van der Waals surface area contributed by atoms with Crippen molar-refractivity contribution in [3.05, 3.63) is 42.1 Å². The number of carbonyl (C=O) groups is 1. The summed E-state index contributed by atoms with van der Waals surface area (Å²) in [7, 11) is 0. The van der Waals surface area contributed by atoms with Crippen LogP contribution < -0.4 is 5.32 Å². The predicted octanol–water partition coefficient (Wildman–Crippen LogP) is 4.08. The first-order valence-corrected chi connectivity index (χ1v) is 7.99. The van der Waals surface area contributed by atoms with Gasteiger partial charge in [-0.15, -0.1) is 0 Å². The molecule has 1 amide bonds. The molecule has 0 atom stereocenters. The van der Waals surface area contributed by atoms with Gasteiger partial charge in [0.2, 0.25) is 0 Å². The first-order chi connectivity index (χ1) is 10.3. The summed E-state index contributed by atoms with van der Waals surface area (Å²) in [5, 5.41) is 4.24. The lowest BCUT2D eigenvalue weighted by molar-refractivity contribution is 0.0926. The molecule has 110 valence electrons. The van der Waals surface area contributed by atoms with E-state index in [9.17, 15) is 4.79 Å². The van der Waals surface area contributed by atoms with Crippen LogP contribution in [0.25, 0.3) is 10.9 Å². The van der Waals surface area contributed by atoms with Gasteiger partial charge in [0, 0.05) is 11.4 Å². The molecule has 0 radical (unpaired) electrons. The molecule has 1 heterocycles. The zero-order chi connectivity index (χ0) is 14.5. The van der Waals surface area contributed by atoms with E-state index in [-0.39, 0.29) is 5.91 Å². The van der Waals surface area contributed by atoms with E-state index in [1.807, 2.05) is 36.4 Å². The Morgan fingerprint density at radius 3 is 2.48 bits per heavy atom. The third kappa shape index (κ3) is 3.60. The topological polar surface area (TPSA) is 42.0 Å². The summed E-state index contributed by atoms with van der Waals surface area (Å²) in [6.45, 7) is 0. The van der Waals surface area contributed by atoms with Crippen molar-refractivity contribution in [1.29, 1.82) is 0 Å². The van der Waals surface area contributed by atoms with Crippen molar-refractivity contribution in [1.82, 2.24) is 10.3 Å². The number of nitrogens with zero attached hydrogens (tertiary/aromatic N) is 1. The number of fused-ring (bicyclic) bond motifs is 1. The first-order valence-electron chi connectivity index (χ1n) is 7.99. The molecule has 1 fully saturated rings. The summed E-state index contributed by atoms with van der Waals surface area (Å²) < 4.78 is 0. The first kappa shape index (κ1) is 14.1. The second-order valence-corrected chi connectivity index (χ2v) is 5.90. The van der Waals surface area contributed by atoms with E-state index in [0.717, 1.165) is 23.7 Å². The fourth-order valence-electron chi connectivity index (χ4n) is 3.05. The molecule has 1 saturated carbocycles. The summed E-state index contributed by atoms with van der Waals surface area (Å²) in [5.41, 5.74) is 1.40. The van der Waals surface area contributed by atoms with E-state index in [4.69, 9.17) is 0 Å². The Morgan fingerprint density at radius 2 is 1.67 bits per heavy atom. The van der Waals surface area contributed by atoms with Crippen LogP contribution in [0.4, 0.5) is 0 Å². The van der Waals surface area contributed by atoms with Crippen molar-refractivity contribution in [3.8, 4) is 0 Å². The van der Waals surface area contributed by atoms with Crippen molar-refractivity contribution in [2.75, 3.05) is 0 Å². The molecule has 2 aromatic rings. The normalized spacial score (nSPS) is 17.1. The minimum Gasteiger partial charge on any atom is -0.348 e. The van der Waals surface area contributed by atoms with Crippen molar-refractivity contribution in [2.45, 2.75) is 51.0 Å². The van der Waals surface area contributed by atoms with Crippen LogP contribution in [0.5, 0.6) is 0 Å². The average Bonchev–Trinajstić information content (AvgIpc) is 2.49. The number of pyridine rings is 1. The minimum absolute atomic E-state index is 0.0358. The summed E-state index contributed by atoms with van der Waals surface area (Å²) >= 11 is 0.